The van der Waals surface area contributed by atoms with Gasteiger partial charge in [0.25, 0.3) is 0 Å². The van der Waals surface area contributed by atoms with E-state index in [1.165, 1.54) is 38.6 Å². The largest absolute Gasteiger partial charge is 0.313 e. The molecule has 1 heteroatoms. The predicted octanol–water partition coefficient (Wildman–Crippen LogP) is 1.78. The number of hydrogen-bond acceptors (Lipinski definition) is 1. The molecule has 11 heavy (non-hydrogen) atoms. The van der Waals surface area contributed by atoms with E-state index in [0.717, 1.165) is 23.8 Å². The van der Waals surface area contributed by atoms with Crippen LogP contribution in [0.3, 0.4) is 0 Å². The maximum atomic E-state index is 3.69. The highest BCUT2D eigenvalue weighted by atomic mass is 15.0. The molecule has 1 aliphatic heterocycles. The Labute approximate surface area is 68.6 Å². The third-order valence-electron chi connectivity index (χ3n) is 3.68. The molecular weight excluding hydrogens is 134 g/mol. The summed E-state index contributed by atoms with van der Waals surface area (Å²) in [5.74, 6) is 3.28. The molecule has 0 aromatic carbocycles. The fourth-order valence-electron chi connectivity index (χ4n) is 2.58. The topological polar surface area (TPSA) is 12.0 Å². The Morgan fingerprint density at radius 3 is 2.18 bits per heavy atom. The molecule has 0 bridgehead atoms. The highest BCUT2D eigenvalue weighted by molar-refractivity contribution is 4.96. The standard InChI is InChI=1S/C10H17N/c1-2-7(1)9-5-10(11-6-9)8-3-4-8/h7-11H,1-6H2. The van der Waals surface area contributed by atoms with Crippen molar-refractivity contribution >= 4 is 0 Å². The van der Waals surface area contributed by atoms with Gasteiger partial charge in [-0.25, -0.2) is 0 Å². The van der Waals surface area contributed by atoms with E-state index >= 15 is 0 Å². The molecule has 2 saturated carbocycles. The van der Waals surface area contributed by atoms with Crippen LogP contribution in [-0.4, -0.2) is 12.6 Å². The summed E-state index contributed by atoms with van der Waals surface area (Å²) in [6, 6.07) is 0.931. The van der Waals surface area contributed by atoms with Gasteiger partial charge in [0.05, 0.1) is 0 Å². The molecule has 2 aliphatic carbocycles. The molecule has 0 spiro atoms. The number of nitrogens with one attached hydrogen (secondary N) is 1. The Bertz CT molecular complexity index is 140. The van der Waals surface area contributed by atoms with Crippen LogP contribution in [0, 0.1) is 17.8 Å². The SMILES string of the molecule is C1CC1C1CNC(C2CC2)C1. The van der Waals surface area contributed by atoms with Crippen LogP contribution in [0.5, 0.6) is 0 Å². The normalized spacial score (nSPS) is 44.7. The van der Waals surface area contributed by atoms with Crippen molar-refractivity contribution in [2.75, 3.05) is 6.54 Å². The van der Waals surface area contributed by atoms with Crippen LogP contribution in [0.4, 0.5) is 0 Å². The van der Waals surface area contributed by atoms with E-state index in [1.54, 1.807) is 0 Å². The van der Waals surface area contributed by atoms with E-state index in [4.69, 9.17) is 0 Å². The Balaban J connectivity index is 1.58. The Kier molecular flexibility index (Phi) is 1.31. The van der Waals surface area contributed by atoms with Gasteiger partial charge in [0.15, 0.2) is 0 Å². The van der Waals surface area contributed by atoms with Crippen LogP contribution in [0.15, 0.2) is 0 Å². The molecule has 0 radical (unpaired) electrons. The molecule has 0 aromatic rings. The molecule has 3 rings (SSSR count). The molecule has 2 atom stereocenters. The fourth-order valence-corrected chi connectivity index (χ4v) is 2.58. The van der Waals surface area contributed by atoms with Crippen LogP contribution in [0.1, 0.15) is 32.1 Å². The monoisotopic (exact) mass is 151 g/mol. The lowest BCUT2D eigenvalue weighted by Crippen LogP contribution is -2.23. The first-order valence-electron chi connectivity index (χ1n) is 5.17. The zero-order chi connectivity index (χ0) is 7.26. The summed E-state index contributed by atoms with van der Waals surface area (Å²) in [4.78, 5) is 0. The van der Waals surface area contributed by atoms with Crippen molar-refractivity contribution in [1.29, 1.82) is 0 Å². The zero-order valence-corrected chi connectivity index (χ0v) is 7.05. The summed E-state index contributed by atoms with van der Waals surface area (Å²) in [5, 5.41) is 3.69. The van der Waals surface area contributed by atoms with E-state index in [-0.39, 0.29) is 0 Å². The van der Waals surface area contributed by atoms with Crippen molar-refractivity contribution in [3.05, 3.63) is 0 Å². The van der Waals surface area contributed by atoms with Crippen molar-refractivity contribution in [1.82, 2.24) is 5.32 Å². The first-order chi connectivity index (χ1) is 5.43. The fraction of sp³-hybridized carbons (Fsp3) is 1.00. The summed E-state index contributed by atoms with van der Waals surface area (Å²) in [5.41, 5.74) is 0. The molecule has 1 nitrogen and oxygen atoms in total. The molecular formula is C10H17N. The summed E-state index contributed by atoms with van der Waals surface area (Å²) < 4.78 is 0. The molecule has 1 saturated heterocycles. The van der Waals surface area contributed by atoms with Crippen molar-refractivity contribution in [3.63, 3.8) is 0 Å². The van der Waals surface area contributed by atoms with Crippen LogP contribution in [-0.2, 0) is 0 Å². The van der Waals surface area contributed by atoms with Crippen molar-refractivity contribution in [3.8, 4) is 0 Å². The maximum absolute atomic E-state index is 3.69. The Morgan fingerprint density at radius 2 is 1.55 bits per heavy atom. The lowest BCUT2D eigenvalue weighted by Gasteiger charge is -2.07. The van der Waals surface area contributed by atoms with Gasteiger partial charge in [0.2, 0.25) is 0 Å². The highest BCUT2D eigenvalue weighted by Crippen LogP contribution is 2.45. The summed E-state index contributed by atoms with van der Waals surface area (Å²) in [6.07, 6.45) is 7.59. The molecule has 62 valence electrons. The number of rotatable bonds is 2. The molecule has 0 aromatic heterocycles. The highest BCUT2D eigenvalue weighted by Gasteiger charge is 2.41. The molecule has 1 N–H and O–H groups in total. The predicted molar refractivity (Wildman–Crippen MR) is 45.3 cm³/mol. The molecule has 3 fully saturated rings. The first-order valence-corrected chi connectivity index (χ1v) is 5.17. The van der Waals surface area contributed by atoms with Crippen LogP contribution in [0.2, 0.25) is 0 Å². The van der Waals surface area contributed by atoms with Crippen LogP contribution < -0.4 is 5.32 Å². The van der Waals surface area contributed by atoms with Crippen LogP contribution >= 0.6 is 0 Å². The van der Waals surface area contributed by atoms with E-state index in [2.05, 4.69) is 5.32 Å². The van der Waals surface area contributed by atoms with Gasteiger partial charge in [-0.3, -0.25) is 0 Å². The average Bonchev–Trinajstić information content (AvgIpc) is 2.90. The van der Waals surface area contributed by atoms with E-state index < -0.39 is 0 Å². The van der Waals surface area contributed by atoms with E-state index in [1.807, 2.05) is 0 Å². The van der Waals surface area contributed by atoms with E-state index in [9.17, 15) is 0 Å². The number of hydrogen-bond donors (Lipinski definition) is 1. The van der Waals surface area contributed by atoms with Gasteiger partial charge >= 0.3 is 0 Å². The van der Waals surface area contributed by atoms with Crippen LogP contribution in [0.25, 0.3) is 0 Å². The summed E-state index contributed by atoms with van der Waals surface area (Å²) >= 11 is 0. The van der Waals surface area contributed by atoms with Gasteiger partial charge in [0, 0.05) is 6.04 Å². The molecule has 0 amide bonds. The molecule has 3 aliphatic rings. The van der Waals surface area contributed by atoms with Gasteiger partial charge in [-0.2, -0.15) is 0 Å². The van der Waals surface area contributed by atoms with Crippen molar-refractivity contribution in [2.24, 2.45) is 17.8 Å². The summed E-state index contributed by atoms with van der Waals surface area (Å²) in [7, 11) is 0. The van der Waals surface area contributed by atoms with Gasteiger partial charge in [-0.05, 0) is 56.4 Å². The smallest absolute Gasteiger partial charge is 0.00986 e. The lowest BCUT2D eigenvalue weighted by atomic mass is 9.98. The van der Waals surface area contributed by atoms with E-state index in [0.29, 0.717) is 0 Å². The second-order valence-corrected chi connectivity index (χ2v) is 4.69. The quantitative estimate of drug-likeness (QED) is 0.634. The minimum Gasteiger partial charge on any atom is -0.313 e. The van der Waals surface area contributed by atoms with Crippen molar-refractivity contribution in [2.45, 2.75) is 38.1 Å². The van der Waals surface area contributed by atoms with Gasteiger partial charge in [-0.1, -0.05) is 0 Å². The molecule has 2 unspecified atom stereocenters. The Hall–Kier alpha value is -0.0400. The zero-order valence-electron chi connectivity index (χ0n) is 7.05. The van der Waals surface area contributed by atoms with Gasteiger partial charge in [-0.15, -0.1) is 0 Å². The van der Waals surface area contributed by atoms with Crippen molar-refractivity contribution < 1.29 is 0 Å². The molecule has 1 heterocycles. The minimum atomic E-state index is 0.931. The Morgan fingerprint density at radius 1 is 0.818 bits per heavy atom. The minimum absolute atomic E-state index is 0.931. The maximum Gasteiger partial charge on any atom is 0.00986 e. The van der Waals surface area contributed by atoms with Gasteiger partial charge < -0.3 is 5.32 Å². The lowest BCUT2D eigenvalue weighted by molar-refractivity contribution is 0.475. The first kappa shape index (κ1) is 6.47. The average molecular weight is 151 g/mol. The third kappa shape index (κ3) is 1.20. The van der Waals surface area contributed by atoms with Gasteiger partial charge in [0.1, 0.15) is 0 Å². The second-order valence-electron chi connectivity index (χ2n) is 4.69. The second kappa shape index (κ2) is 2.22. The third-order valence-corrected chi connectivity index (χ3v) is 3.68. The summed E-state index contributed by atoms with van der Waals surface area (Å²) in [6.45, 7) is 1.34.